The Bertz CT molecular complexity index is 345. The molecule has 0 bridgehead atoms. The van der Waals surface area contributed by atoms with E-state index in [-0.39, 0.29) is 11.9 Å². The average molecular weight is 254 g/mol. The molecule has 102 valence electrons. The zero-order valence-corrected chi connectivity index (χ0v) is 11.2. The number of hydrogen-bond acceptors (Lipinski definition) is 4. The third-order valence-corrected chi connectivity index (χ3v) is 2.97. The third-order valence-electron chi connectivity index (χ3n) is 2.97. The first-order valence-electron chi connectivity index (χ1n) is 6.33. The summed E-state index contributed by atoms with van der Waals surface area (Å²) in [6.45, 7) is 7.75. The molecule has 18 heavy (non-hydrogen) atoms. The van der Waals surface area contributed by atoms with E-state index in [1.165, 1.54) is 6.92 Å². The zero-order chi connectivity index (χ0) is 13.5. The van der Waals surface area contributed by atoms with Gasteiger partial charge in [-0.15, -0.1) is 0 Å². The molecule has 1 amide bonds. The van der Waals surface area contributed by atoms with Gasteiger partial charge in [0.05, 0.1) is 12.3 Å². The van der Waals surface area contributed by atoms with Crippen molar-refractivity contribution in [1.82, 2.24) is 10.2 Å². The van der Waals surface area contributed by atoms with Gasteiger partial charge in [0, 0.05) is 6.54 Å². The van der Waals surface area contributed by atoms with Crippen LogP contribution in [0.5, 0.6) is 0 Å². The van der Waals surface area contributed by atoms with Crippen LogP contribution in [0.3, 0.4) is 0 Å². The molecule has 0 aliphatic carbocycles. The summed E-state index contributed by atoms with van der Waals surface area (Å²) in [4.78, 5) is 13.6. The molecule has 1 heterocycles. The Hall–Kier alpha value is -1.33. The fraction of sp³-hybridized carbons (Fsp3) is 0.615. The highest BCUT2D eigenvalue weighted by Crippen LogP contribution is 2.20. The van der Waals surface area contributed by atoms with Crippen molar-refractivity contribution in [2.45, 2.75) is 32.9 Å². The molecule has 0 aliphatic heterocycles. The summed E-state index contributed by atoms with van der Waals surface area (Å²) < 4.78 is 5.42. The minimum absolute atomic E-state index is 0.00213. The summed E-state index contributed by atoms with van der Waals surface area (Å²) >= 11 is 0. The van der Waals surface area contributed by atoms with Gasteiger partial charge in [0.25, 0.3) is 0 Å². The molecule has 5 heteroatoms. The fourth-order valence-electron chi connectivity index (χ4n) is 1.90. The molecule has 0 radical (unpaired) electrons. The van der Waals surface area contributed by atoms with Crippen LogP contribution in [-0.2, 0) is 4.79 Å². The first-order chi connectivity index (χ1) is 8.60. The monoisotopic (exact) mass is 254 g/mol. The van der Waals surface area contributed by atoms with Crippen LogP contribution >= 0.6 is 0 Å². The number of nitrogens with one attached hydrogen (secondary N) is 1. The fourth-order valence-corrected chi connectivity index (χ4v) is 1.90. The molecule has 2 N–H and O–H groups in total. The van der Waals surface area contributed by atoms with Crippen LogP contribution in [0.1, 0.15) is 32.6 Å². The van der Waals surface area contributed by atoms with Crippen LogP contribution < -0.4 is 5.32 Å². The van der Waals surface area contributed by atoms with E-state index in [1.807, 2.05) is 12.1 Å². The van der Waals surface area contributed by atoms with Gasteiger partial charge in [0.2, 0.25) is 5.91 Å². The highest BCUT2D eigenvalue weighted by molar-refractivity contribution is 5.79. The molecule has 0 saturated carbocycles. The molecule has 0 saturated heterocycles. The van der Waals surface area contributed by atoms with Crippen LogP contribution in [-0.4, -0.2) is 41.7 Å². The van der Waals surface area contributed by atoms with Crippen molar-refractivity contribution in [3.63, 3.8) is 0 Å². The lowest BCUT2D eigenvalue weighted by atomic mass is 10.2. The van der Waals surface area contributed by atoms with Gasteiger partial charge < -0.3 is 14.8 Å². The Kier molecular flexibility index (Phi) is 5.88. The highest BCUT2D eigenvalue weighted by atomic mass is 16.3. The number of rotatable bonds is 7. The number of aliphatic hydroxyl groups is 1. The lowest BCUT2D eigenvalue weighted by Gasteiger charge is -2.28. The van der Waals surface area contributed by atoms with E-state index in [4.69, 9.17) is 9.52 Å². The van der Waals surface area contributed by atoms with E-state index in [2.05, 4.69) is 24.1 Å². The number of amides is 1. The molecule has 2 unspecified atom stereocenters. The molecule has 1 aromatic heterocycles. The summed E-state index contributed by atoms with van der Waals surface area (Å²) in [7, 11) is 0. The summed E-state index contributed by atoms with van der Waals surface area (Å²) in [5, 5.41) is 11.9. The van der Waals surface area contributed by atoms with Crippen LogP contribution in [0.2, 0.25) is 0 Å². The van der Waals surface area contributed by atoms with Crippen molar-refractivity contribution in [1.29, 1.82) is 0 Å². The lowest BCUT2D eigenvalue weighted by Crippen LogP contribution is -2.40. The number of likely N-dealkylation sites (N-methyl/N-ethyl adjacent to an activating group) is 1. The minimum Gasteiger partial charge on any atom is -0.468 e. The molecule has 1 rings (SSSR count). The van der Waals surface area contributed by atoms with Gasteiger partial charge in [-0.2, -0.15) is 0 Å². The second kappa shape index (κ2) is 7.18. The smallest absolute Gasteiger partial charge is 0.248 e. The minimum atomic E-state index is -0.987. The van der Waals surface area contributed by atoms with Gasteiger partial charge in [-0.3, -0.25) is 9.69 Å². The molecule has 0 fully saturated rings. The van der Waals surface area contributed by atoms with E-state index in [9.17, 15) is 4.79 Å². The van der Waals surface area contributed by atoms with Gasteiger partial charge in [0.15, 0.2) is 0 Å². The Morgan fingerprint density at radius 1 is 1.50 bits per heavy atom. The first kappa shape index (κ1) is 14.7. The first-order valence-corrected chi connectivity index (χ1v) is 6.33. The summed E-state index contributed by atoms with van der Waals surface area (Å²) in [6.07, 6.45) is 0.640. The second-order valence-corrected chi connectivity index (χ2v) is 4.17. The maximum Gasteiger partial charge on any atom is 0.248 e. The number of nitrogens with zero attached hydrogens (tertiary/aromatic N) is 1. The van der Waals surface area contributed by atoms with Crippen molar-refractivity contribution in [3.05, 3.63) is 24.2 Å². The predicted molar refractivity (Wildman–Crippen MR) is 69.1 cm³/mol. The predicted octanol–water partition coefficient (Wildman–Crippen LogP) is 1.16. The van der Waals surface area contributed by atoms with Crippen LogP contribution in [0, 0.1) is 0 Å². The number of carbonyl (C=O) groups is 1. The van der Waals surface area contributed by atoms with Gasteiger partial charge >= 0.3 is 0 Å². The largest absolute Gasteiger partial charge is 0.468 e. The van der Waals surface area contributed by atoms with Gasteiger partial charge in [-0.25, -0.2) is 0 Å². The van der Waals surface area contributed by atoms with Crippen molar-refractivity contribution < 1.29 is 14.3 Å². The van der Waals surface area contributed by atoms with E-state index >= 15 is 0 Å². The van der Waals surface area contributed by atoms with Gasteiger partial charge in [-0.1, -0.05) is 13.8 Å². The normalized spacial score (nSPS) is 14.5. The number of furan rings is 1. The molecule has 0 aromatic carbocycles. The molecule has 1 aromatic rings. The van der Waals surface area contributed by atoms with Crippen LogP contribution in [0.15, 0.2) is 22.8 Å². The summed E-state index contributed by atoms with van der Waals surface area (Å²) in [6, 6.07) is 3.73. The Balaban J connectivity index is 2.70. The van der Waals surface area contributed by atoms with E-state index in [1.54, 1.807) is 6.26 Å². The SMILES string of the molecule is CCN(CC)C(CNC(=O)C(C)O)c1ccco1. The Labute approximate surface area is 108 Å². The summed E-state index contributed by atoms with van der Waals surface area (Å²) in [5.74, 6) is 0.461. The van der Waals surface area contributed by atoms with Crippen LogP contribution in [0.25, 0.3) is 0 Å². The second-order valence-electron chi connectivity index (χ2n) is 4.17. The lowest BCUT2D eigenvalue weighted by molar-refractivity contribution is -0.128. The van der Waals surface area contributed by atoms with Crippen molar-refractivity contribution >= 4 is 5.91 Å². The molecular formula is C13H22N2O3. The van der Waals surface area contributed by atoms with Crippen molar-refractivity contribution in [2.75, 3.05) is 19.6 Å². The molecule has 0 aliphatic rings. The maximum absolute atomic E-state index is 11.4. The number of carbonyl (C=O) groups excluding carboxylic acids is 1. The quantitative estimate of drug-likeness (QED) is 0.766. The van der Waals surface area contributed by atoms with E-state index in [0.29, 0.717) is 6.54 Å². The maximum atomic E-state index is 11.4. The van der Waals surface area contributed by atoms with E-state index in [0.717, 1.165) is 18.8 Å². The molecule has 2 atom stereocenters. The molecular weight excluding hydrogens is 232 g/mol. The summed E-state index contributed by atoms with van der Waals surface area (Å²) in [5.41, 5.74) is 0. The van der Waals surface area contributed by atoms with Crippen molar-refractivity contribution in [3.8, 4) is 0 Å². The Morgan fingerprint density at radius 3 is 2.61 bits per heavy atom. The number of hydrogen-bond donors (Lipinski definition) is 2. The highest BCUT2D eigenvalue weighted by Gasteiger charge is 2.21. The number of aliphatic hydroxyl groups excluding tert-OH is 1. The Morgan fingerprint density at radius 2 is 2.17 bits per heavy atom. The van der Waals surface area contributed by atoms with E-state index < -0.39 is 6.10 Å². The molecule has 5 nitrogen and oxygen atoms in total. The zero-order valence-electron chi connectivity index (χ0n) is 11.2. The standard InChI is InChI=1S/C13H22N2O3/c1-4-15(5-2)11(12-7-6-8-18-12)9-14-13(17)10(3)16/h6-8,10-11,16H,4-5,9H2,1-3H3,(H,14,17). The third kappa shape index (κ3) is 3.85. The molecule has 0 spiro atoms. The van der Waals surface area contributed by atoms with Gasteiger partial charge in [-0.05, 0) is 32.1 Å². The topological polar surface area (TPSA) is 65.7 Å². The van der Waals surface area contributed by atoms with Gasteiger partial charge in [0.1, 0.15) is 11.9 Å². The average Bonchev–Trinajstić information content (AvgIpc) is 2.87. The van der Waals surface area contributed by atoms with Crippen molar-refractivity contribution in [2.24, 2.45) is 0 Å². The van der Waals surface area contributed by atoms with Crippen LogP contribution in [0.4, 0.5) is 0 Å².